The first-order valence-electron chi connectivity index (χ1n) is 9.50. The van der Waals surface area contributed by atoms with Crippen LogP contribution in [0.3, 0.4) is 0 Å². The van der Waals surface area contributed by atoms with Crippen LogP contribution in [0.25, 0.3) is 0 Å². The van der Waals surface area contributed by atoms with Crippen molar-refractivity contribution in [2.45, 2.75) is 31.8 Å². The molecule has 2 saturated heterocycles. The summed E-state index contributed by atoms with van der Waals surface area (Å²) in [5.41, 5.74) is 6.03. The van der Waals surface area contributed by atoms with Crippen LogP contribution in [-0.4, -0.2) is 59.5 Å². The molecule has 29 heavy (non-hydrogen) atoms. The molecular formula is C19H22N4O6. The van der Waals surface area contributed by atoms with Crippen molar-refractivity contribution in [1.29, 1.82) is 0 Å². The van der Waals surface area contributed by atoms with Crippen LogP contribution in [0.15, 0.2) is 18.2 Å². The van der Waals surface area contributed by atoms with Gasteiger partial charge in [-0.15, -0.1) is 0 Å². The number of nitrogens with zero attached hydrogens (tertiary/aromatic N) is 2. The van der Waals surface area contributed by atoms with Crippen LogP contribution >= 0.6 is 0 Å². The number of nitrogens with two attached hydrogens (primary N) is 1. The second-order valence-electron chi connectivity index (χ2n) is 7.38. The molecule has 0 saturated carbocycles. The van der Waals surface area contributed by atoms with Crippen molar-refractivity contribution in [2.75, 3.05) is 19.9 Å². The summed E-state index contributed by atoms with van der Waals surface area (Å²) in [6.45, 7) is 1.06. The van der Waals surface area contributed by atoms with Gasteiger partial charge in [0.2, 0.25) is 18.6 Å². The molecule has 2 fully saturated rings. The van der Waals surface area contributed by atoms with Crippen LogP contribution in [-0.2, 0) is 20.9 Å². The Morgan fingerprint density at radius 2 is 1.86 bits per heavy atom. The zero-order valence-electron chi connectivity index (χ0n) is 15.8. The molecular weight excluding hydrogens is 380 g/mol. The number of carbonyl (C=O) groups excluding carboxylic acids is 4. The standard InChI is InChI=1S/C19H22N4O6/c20-17(25)12-3-5-22(6-4-12)16(24)8-13-18(26)23(19(27)21-13)9-11-1-2-14-15(7-11)29-10-28-14/h1-2,7,12-13H,3-6,8-10H2,(H2,20,25)(H,21,27)/t13-/m1/s1. The van der Waals surface area contributed by atoms with E-state index in [0.29, 0.717) is 37.4 Å². The zero-order valence-corrected chi connectivity index (χ0v) is 15.8. The summed E-state index contributed by atoms with van der Waals surface area (Å²) in [6.07, 6.45) is 0.925. The molecule has 10 heteroatoms. The molecule has 1 aromatic carbocycles. The van der Waals surface area contributed by atoms with Gasteiger partial charge in [-0.05, 0) is 30.5 Å². The van der Waals surface area contributed by atoms with Gasteiger partial charge in [0.15, 0.2) is 11.5 Å². The fourth-order valence-electron chi connectivity index (χ4n) is 3.80. The zero-order chi connectivity index (χ0) is 20.5. The summed E-state index contributed by atoms with van der Waals surface area (Å²) in [7, 11) is 0. The van der Waals surface area contributed by atoms with Crippen LogP contribution in [0, 0.1) is 5.92 Å². The number of urea groups is 1. The van der Waals surface area contributed by atoms with Crippen LogP contribution in [0.1, 0.15) is 24.8 Å². The molecule has 1 aromatic rings. The Morgan fingerprint density at radius 1 is 1.14 bits per heavy atom. The van der Waals surface area contributed by atoms with E-state index in [1.54, 1.807) is 23.1 Å². The van der Waals surface area contributed by atoms with Gasteiger partial charge in [-0.25, -0.2) is 4.79 Å². The fourth-order valence-corrected chi connectivity index (χ4v) is 3.80. The van der Waals surface area contributed by atoms with E-state index in [9.17, 15) is 19.2 Å². The first-order chi connectivity index (χ1) is 13.9. The quantitative estimate of drug-likeness (QED) is 0.664. The van der Waals surface area contributed by atoms with Crippen LogP contribution in [0.2, 0.25) is 0 Å². The number of benzene rings is 1. The highest BCUT2D eigenvalue weighted by atomic mass is 16.7. The second-order valence-corrected chi connectivity index (χ2v) is 7.38. The fraction of sp³-hybridized carbons (Fsp3) is 0.474. The van der Waals surface area contributed by atoms with E-state index in [0.717, 1.165) is 10.5 Å². The molecule has 154 valence electrons. The smallest absolute Gasteiger partial charge is 0.325 e. The van der Waals surface area contributed by atoms with Gasteiger partial charge in [-0.1, -0.05) is 6.07 Å². The van der Waals surface area contributed by atoms with Gasteiger partial charge in [0, 0.05) is 19.0 Å². The van der Waals surface area contributed by atoms with E-state index in [-0.39, 0.29) is 37.5 Å². The highest BCUT2D eigenvalue weighted by Gasteiger charge is 2.40. The predicted octanol–water partition coefficient (Wildman–Crippen LogP) is -0.0503. The Kier molecular flexibility index (Phi) is 4.99. The molecule has 3 N–H and O–H groups in total. The lowest BCUT2D eigenvalue weighted by Gasteiger charge is -2.31. The molecule has 0 radical (unpaired) electrons. The molecule has 0 aliphatic carbocycles. The summed E-state index contributed by atoms with van der Waals surface area (Å²) >= 11 is 0. The molecule has 3 aliphatic heterocycles. The van der Waals surface area contributed by atoms with Crippen molar-refractivity contribution in [3.63, 3.8) is 0 Å². The SMILES string of the molecule is NC(=O)C1CCN(C(=O)C[C@H]2NC(=O)N(Cc3ccc4c(c3)OCO4)C2=O)CC1. The Balaban J connectivity index is 1.34. The Bertz CT molecular complexity index is 864. The lowest BCUT2D eigenvalue weighted by Crippen LogP contribution is -2.44. The topological polar surface area (TPSA) is 131 Å². The molecule has 5 amide bonds. The van der Waals surface area contributed by atoms with E-state index in [2.05, 4.69) is 5.32 Å². The van der Waals surface area contributed by atoms with E-state index >= 15 is 0 Å². The number of primary amides is 1. The Labute approximate surface area is 166 Å². The third kappa shape index (κ3) is 3.82. The van der Waals surface area contributed by atoms with E-state index < -0.39 is 18.0 Å². The van der Waals surface area contributed by atoms with E-state index in [4.69, 9.17) is 15.2 Å². The largest absolute Gasteiger partial charge is 0.454 e. The number of ether oxygens (including phenoxy) is 2. The number of likely N-dealkylation sites (tertiary alicyclic amines) is 1. The lowest BCUT2D eigenvalue weighted by molar-refractivity contribution is -0.137. The number of amides is 5. The normalized spacial score (nSPS) is 21.4. The third-order valence-electron chi connectivity index (χ3n) is 5.51. The van der Waals surface area contributed by atoms with E-state index in [1.807, 2.05) is 0 Å². The second kappa shape index (κ2) is 7.61. The maximum absolute atomic E-state index is 12.7. The number of carbonyl (C=O) groups is 4. The van der Waals surface area contributed by atoms with Crippen LogP contribution < -0.4 is 20.5 Å². The first-order valence-corrected chi connectivity index (χ1v) is 9.50. The first kappa shape index (κ1) is 19.0. The molecule has 3 heterocycles. The lowest BCUT2D eigenvalue weighted by atomic mass is 9.96. The maximum Gasteiger partial charge on any atom is 0.325 e. The molecule has 3 aliphatic rings. The minimum atomic E-state index is -0.891. The minimum Gasteiger partial charge on any atom is -0.454 e. The van der Waals surface area contributed by atoms with Gasteiger partial charge in [-0.3, -0.25) is 19.3 Å². The molecule has 0 unspecified atom stereocenters. The van der Waals surface area contributed by atoms with Gasteiger partial charge < -0.3 is 25.4 Å². The summed E-state index contributed by atoms with van der Waals surface area (Å²) in [6, 6.07) is 3.79. The van der Waals surface area contributed by atoms with Crippen LogP contribution in [0.4, 0.5) is 4.79 Å². The van der Waals surface area contributed by atoms with Crippen LogP contribution in [0.5, 0.6) is 11.5 Å². The van der Waals surface area contributed by atoms with E-state index in [1.165, 1.54) is 0 Å². The number of rotatable bonds is 5. The minimum absolute atomic E-state index is 0.0794. The molecule has 4 rings (SSSR count). The van der Waals surface area contributed by atoms with Gasteiger partial charge in [0.1, 0.15) is 6.04 Å². The number of nitrogens with one attached hydrogen (secondary N) is 1. The summed E-state index contributed by atoms with van der Waals surface area (Å²) < 4.78 is 10.6. The highest BCUT2D eigenvalue weighted by Crippen LogP contribution is 2.33. The van der Waals surface area contributed by atoms with Gasteiger partial charge >= 0.3 is 6.03 Å². The molecule has 0 spiro atoms. The number of hydrogen-bond acceptors (Lipinski definition) is 6. The molecule has 10 nitrogen and oxygen atoms in total. The number of hydrogen-bond donors (Lipinski definition) is 2. The van der Waals surface area contributed by atoms with Gasteiger partial charge in [-0.2, -0.15) is 0 Å². The Hall–Kier alpha value is -3.30. The van der Waals surface area contributed by atoms with Crippen molar-refractivity contribution in [3.05, 3.63) is 23.8 Å². The van der Waals surface area contributed by atoms with Crippen molar-refractivity contribution in [3.8, 4) is 11.5 Å². The number of imide groups is 1. The molecule has 0 aromatic heterocycles. The van der Waals surface area contributed by atoms with Crippen molar-refractivity contribution < 1.29 is 28.7 Å². The predicted molar refractivity (Wildman–Crippen MR) is 98.6 cm³/mol. The Morgan fingerprint density at radius 3 is 2.59 bits per heavy atom. The average Bonchev–Trinajstić information content (AvgIpc) is 3.27. The monoisotopic (exact) mass is 402 g/mol. The average molecular weight is 402 g/mol. The molecule has 0 bridgehead atoms. The van der Waals surface area contributed by atoms with Crippen molar-refractivity contribution in [1.82, 2.24) is 15.1 Å². The summed E-state index contributed by atoms with van der Waals surface area (Å²) in [5.74, 6) is -0.0433. The van der Waals surface area contributed by atoms with Gasteiger partial charge in [0.05, 0.1) is 13.0 Å². The van der Waals surface area contributed by atoms with Crippen molar-refractivity contribution in [2.24, 2.45) is 11.7 Å². The molecule has 1 atom stereocenters. The maximum atomic E-state index is 12.7. The summed E-state index contributed by atoms with van der Waals surface area (Å²) in [5, 5.41) is 2.58. The number of piperidine rings is 1. The summed E-state index contributed by atoms with van der Waals surface area (Å²) in [4.78, 5) is 51.4. The van der Waals surface area contributed by atoms with Gasteiger partial charge in [0.25, 0.3) is 5.91 Å². The van der Waals surface area contributed by atoms with Crippen molar-refractivity contribution >= 4 is 23.8 Å². The highest BCUT2D eigenvalue weighted by molar-refractivity contribution is 6.05. The number of fused-ring (bicyclic) bond motifs is 1. The third-order valence-corrected chi connectivity index (χ3v) is 5.51.